The summed E-state index contributed by atoms with van der Waals surface area (Å²) in [5.41, 5.74) is 5.56. The number of hydrogen-bond acceptors (Lipinski definition) is 3. The first kappa shape index (κ1) is 20.7. The molecule has 25 heavy (non-hydrogen) atoms. The van der Waals surface area contributed by atoms with Gasteiger partial charge in [-0.15, -0.1) is 0 Å². The van der Waals surface area contributed by atoms with Crippen LogP contribution in [-0.4, -0.2) is 16.9 Å². The lowest BCUT2D eigenvalue weighted by molar-refractivity contribution is -0.128. The van der Waals surface area contributed by atoms with E-state index in [1.54, 1.807) is 12.1 Å². The summed E-state index contributed by atoms with van der Waals surface area (Å²) < 4.78 is 0. The number of phenols is 1. The Bertz CT molecular complexity index is 538. The van der Waals surface area contributed by atoms with Gasteiger partial charge >= 0.3 is 0 Å². The van der Waals surface area contributed by atoms with Gasteiger partial charge in [-0.25, -0.2) is 0 Å². The number of hydrazine groups is 1. The summed E-state index contributed by atoms with van der Waals surface area (Å²) in [7, 11) is 0. The van der Waals surface area contributed by atoms with Crippen LogP contribution >= 0.6 is 0 Å². The molecule has 2 amide bonds. The normalized spacial score (nSPS) is 10.8. The van der Waals surface area contributed by atoms with E-state index >= 15 is 0 Å². The van der Waals surface area contributed by atoms with E-state index in [9.17, 15) is 14.7 Å². The molecular formula is C20H30N2O3. The summed E-state index contributed by atoms with van der Waals surface area (Å²) in [6.07, 6.45) is 12.8. The highest BCUT2D eigenvalue weighted by atomic mass is 16.3. The van der Waals surface area contributed by atoms with Crippen molar-refractivity contribution in [3.8, 4) is 5.75 Å². The van der Waals surface area contributed by atoms with Crippen molar-refractivity contribution in [2.45, 2.75) is 64.7 Å². The van der Waals surface area contributed by atoms with Crippen LogP contribution < -0.4 is 10.9 Å². The summed E-state index contributed by atoms with van der Waals surface area (Å²) in [6.45, 7) is 2.21. The van der Waals surface area contributed by atoms with E-state index in [-0.39, 0.29) is 30.4 Å². The van der Waals surface area contributed by atoms with Crippen LogP contribution in [0.25, 0.3) is 0 Å². The summed E-state index contributed by atoms with van der Waals surface area (Å²) >= 11 is 0. The summed E-state index contributed by atoms with van der Waals surface area (Å²) in [6, 6.07) is 6.38. The number of aromatic hydroxyl groups is 1. The molecule has 0 bridgehead atoms. The zero-order chi connectivity index (χ0) is 18.3. The summed E-state index contributed by atoms with van der Waals surface area (Å²) in [5.74, 6) is -0.376. The average Bonchev–Trinajstić information content (AvgIpc) is 2.60. The highest BCUT2D eigenvalue weighted by Gasteiger charge is 2.04. The Morgan fingerprint density at radius 3 is 2.28 bits per heavy atom. The number of hydrogen-bond donors (Lipinski definition) is 3. The molecule has 0 aliphatic carbocycles. The number of amides is 2. The van der Waals surface area contributed by atoms with Gasteiger partial charge in [-0.2, -0.15) is 0 Å². The van der Waals surface area contributed by atoms with Gasteiger partial charge in [0.2, 0.25) is 11.8 Å². The van der Waals surface area contributed by atoms with Crippen molar-refractivity contribution >= 4 is 11.8 Å². The summed E-state index contributed by atoms with van der Waals surface area (Å²) in [4.78, 5) is 23.4. The lowest BCUT2D eigenvalue weighted by Crippen LogP contribution is -2.42. The summed E-state index contributed by atoms with van der Waals surface area (Å²) in [5, 5.41) is 9.19. The molecule has 1 rings (SSSR count). The Morgan fingerprint density at radius 2 is 1.56 bits per heavy atom. The van der Waals surface area contributed by atoms with E-state index < -0.39 is 0 Å². The monoisotopic (exact) mass is 346 g/mol. The lowest BCUT2D eigenvalue weighted by atomic mass is 10.1. The number of rotatable bonds is 11. The number of nitrogens with one attached hydrogen (secondary N) is 2. The number of benzene rings is 1. The number of carbonyl (C=O) groups is 2. The molecule has 1 aromatic carbocycles. The third kappa shape index (κ3) is 11.0. The Balaban J connectivity index is 2.06. The number of allylic oxidation sites excluding steroid dienone is 1. The highest BCUT2D eigenvalue weighted by molar-refractivity contribution is 5.83. The lowest BCUT2D eigenvalue weighted by Gasteiger charge is -2.06. The van der Waals surface area contributed by atoms with Crippen molar-refractivity contribution in [1.82, 2.24) is 10.9 Å². The van der Waals surface area contributed by atoms with Crippen LogP contribution in [0.5, 0.6) is 5.75 Å². The molecule has 5 nitrogen and oxygen atoms in total. The molecule has 0 spiro atoms. The highest BCUT2D eigenvalue weighted by Crippen LogP contribution is 2.10. The topological polar surface area (TPSA) is 78.4 Å². The van der Waals surface area contributed by atoms with Gasteiger partial charge < -0.3 is 5.11 Å². The second-order valence-corrected chi connectivity index (χ2v) is 6.17. The predicted molar refractivity (Wildman–Crippen MR) is 99.8 cm³/mol. The van der Waals surface area contributed by atoms with E-state index in [2.05, 4.69) is 17.8 Å². The van der Waals surface area contributed by atoms with E-state index in [1.807, 2.05) is 12.2 Å². The Kier molecular flexibility index (Phi) is 10.8. The standard InChI is InChI=1S/C20H30N2O3/c1-2-3-4-5-6-7-8-9-10-11-19(24)21-22-20(25)16-17-12-14-18(23)15-13-17/h9-10,12-15,23H,2-8,11,16H2,1H3,(H,21,24)(H,22,25)/b10-9+. The molecule has 1 aromatic rings. The van der Waals surface area contributed by atoms with E-state index in [1.165, 1.54) is 44.2 Å². The van der Waals surface area contributed by atoms with Crippen molar-refractivity contribution in [2.24, 2.45) is 0 Å². The maximum absolute atomic E-state index is 11.7. The fourth-order valence-electron chi connectivity index (χ4n) is 2.38. The molecule has 0 aliphatic rings. The second-order valence-electron chi connectivity index (χ2n) is 6.17. The molecule has 0 heterocycles. The minimum atomic E-state index is -0.296. The van der Waals surface area contributed by atoms with Crippen LogP contribution in [0.3, 0.4) is 0 Å². The van der Waals surface area contributed by atoms with Gasteiger partial charge in [-0.05, 0) is 30.5 Å². The largest absolute Gasteiger partial charge is 0.508 e. The quantitative estimate of drug-likeness (QED) is 0.324. The first-order valence-corrected chi connectivity index (χ1v) is 9.12. The van der Waals surface area contributed by atoms with E-state index in [0.29, 0.717) is 0 Å². The third-order valence-corrected chi connectivity index (χ3v) is 3.84. The molecule has 0 radical (unpaired) electrons. The van der Waals surface area contributed by atoms with Crippen molar-refractivity contribution in [2.75, 3.05) is 0 Å². The molecule has 3 N–H and O–H groups in total. The SMILES string of the molecule is CCCCCCCC/C=C/CC(=O)NNC(=O)Cc1ccc(O)cc1. The molecule has 138 valence electrons. The van der Waals surface area contributed by atoms with Gasteiger partial charge in [0, 0.05) is 6.42 Å². The molecule has 5 heteroatoms. The zero-order valence-electron chi connectivity index (χ0n) is 15.1. The van der Waals surface area contributed by atoms with E-state index in [0.717, 1.165) is 18.4 Å². The van der Waals surface area contributed by atoms with Gasteiger partial charge in [0.05, 0.1) is 6.42 Å². The Hall–Kier alpha value is -2.30. The maximum atomic E-state index is 11.7. The van der Waals surface area contributed by atoms with Gasteiger partial charge in [0.25, 0.3) is 0 Å². The minimum Gasteiger partial charge on any atom is -0.508 e. The number of phenolic OH excluding ortho intramolecular Hbond substituents is 1. The predicted octanol–water partition coefficient (Wildman–Crippen LogP) is 3.78. The molecule has 0 atom stereocenters. The van der Waals surface area contributed by atoms with Gasteiger partial charge in [0.1, 0.15) is 5.75 Å². The van der Waals surface area contributed by atoms with Crippen molar-refractivity contribution in [3.63, 3.8) is 0 Å². The fourth-order valence-corrected chi connectivity index (χ4v) is 2.38. The molecule has 0 aromatic heterocycles. The fraction of sp³-hybridized carbons (Fsp3) is 0.500. The van der Waals surface area contributed by atoms with Crippen LogP contribution in [0.4, 0.5) is 0 Å². The molecule has 0 aliphatic heterocycles. The molecular weight excluding hydrogens is 316 g/mol. The maximum Gasteiger partial charge on any atom is 0.242 e. The Labute approximate surface area is 150 Å². The van der Waals surface area contributed by atoms with Crippen molar-refractivity contribution < 1.29 is 14.7 Å². The molecule has 0 unspecified atom stereocenters. The van der Waals surface area contributed by atoms with Gasteiger partial charge in [0.15, 0.2) is 0 Å². The first-order chi connectivity index (χ1) is 12.1. The number of carbonyl (C=O) groups excluding carboxylic acids is 2. The zero-order valence-corrected chi connectivity index (χ0v) is 15.1. The van der Waals surface area contributed by atoms with Crippen molar-refractivity contribution in [3.05, 3.63) is 42.0 Å². The minimum absolute atomic E-state index is 0.147. The molecule has 0 fully saturated rings. The van der Waals surface area contributed by atoms with Crippen LogP contribution in [0.15, 0.2) is 36.4 Å². The third-order valence-electron chi connectivity index (χ3n) is 3.84. The second kappa shape index (κ2) is 13.0. The van der Waals surface area contributed by atoms with Crippen LogP contribution in [0, 0.1) is 0 Å². The van der Waals surface area contributed by atoms with E-state index in [4.69, 9.17) is 0 Å². The first-order valence-electron chi connectivity index (χ1n) is 9.12. The van der Waals surface area contributed by atoms with Crippen LogP contribution in [0.1, 0.15) is 63.9 Å². The van der Waals surface area contributed by atoms with Gasteiger partial charge in [-0.3, -0.25) is 20.4 Å². The van der Waals surface area contributed by atoms with Crippen LogP contribution in [0.2, 0.25) is 0 Å². The van der Waals surface area contributed by atoms with Crippen LogP contribution in [-0.2, 0) is 16.0 Å². The smallest absolute Gasteiger partial charge is 0.242 e. The van der Waals surface area contributed by atoms with Crippen molar-refractivity contribution in [1.29, 1.82) is 0 Å². The Morgan fingerprint density at radius 1 is 0.920 bits per heavy atom. The van der Waals surface area contributed by atoms with Gasteiger partial charge in [-0.1, -0.05) is 63.3 Å². The molecule has 0 saturated heterocycles. The number of unbranched alkanes of at least 4 members (excludes halogenated alkanes) is 6. The molecule has 0 saturated carbocycles. The average molecular weight is 346 g/mol.